The highest BCUT2D eigenvalue weighted by atomic mass is 32.1. The minimum atomic E-state index is -1.03. The average molecular weight is 259 g/mol. The molecule has 0 aliphatic heterocycles. The lowest BCUT2D eigenvalue weighted by atomic mass is 10.1. The zero-order chi connectivity index (χ0) is 13.0. The molecular weight excluding hydrogens is 250 g/mol. The number of thiazole rings is 1. The van der Waals surface area contributed by atoms with E-state index in [0.717, 1.165) is 5.56 Å². The van der Waals surface area contributed by atoms with Crippen LogP contribution in [-0.4, -0.2) is 16.1 Å². The third-order valence-corrected chi connectivity index (χ3v) is 3.05. The Morgan fingerprint density at radius 1 is 1.44 bits per heavy atom. The molecule has 0 unspecified atom stereocenters. The minimum absolute atomic E-state index is 0.0438. The number of rotatable bonds is 4. The quantitative estimate of drug-likeness (QED) is 0.880. The second-order valence-electron chi connectivity index (χ2n) is 3.51. The fraction of sp³-hybridized carbons (Fsp3) is 0.0833. The summed E-state index contributed by atoms with van der Waals surface area (Å²) in [6.07, 6.45) is 0. The Kier molecular flexibility index (Phi) is 3.55. The number of nitrogens with zero attached hydrogens (tertiary/aromatic N) is 2. The first kappa shape index (κ1) is 12.1. The van der Waals surface area contributed by atoms with Gasteiger partial charge in [-0.05, 0) is 17.7 Å². The number of hydrogen-bond donors (Lipinski definition) is 2. The number of benzene rings is 1. The smallest absolute Gasteiger partial charge is 0.355 e. The molecule has 2 N–H and O–H groups in total. The van der Waals surface area contributed by atoms with E-state index in [-0.39, 0.29) is 5.69 Å². The number of nitriles is 1. The van der Waals surface area contributed by atoms with Gasteiger partial charge in [-0.3, -0.25) is 0 Å². The fourth-order valence-corrected chi connectivity index (χ4v) is 2.01. The maximum Gasteiger partial charge on any atom is 0.355 e. The number of aromatic carboxylic acids is 1. The summed E-state index contributed by atoms with van der Waals surface area (Å²) >= 11 is 1.25. The van der Waals surface area contributed by atoms with Crippen LogP contribution in [0.25, 0.3) is 0 Å². The van der Waals surface area contributed by atoms with Crippen molar-refractivity contribution in [2.45, 2.75) is 6.54 Å². The number of aromatic nitrogens is 1. The van der Waals surface area contributed by atoms with Crippen LogP contribution in [-0.2, 0) is 6.54 Å². The predicted octanol–water partition coefficient (Wildman–Crippen LogP) is 2.33. The topological polar surface area (TPSA) is 86.0 Å². The van der Waals surface area contributed by atoms with E-state index in [9.17, 15) is 4.79 Å². The van der Waals surface area contributed by atoms with Gasteiger partial charge in [0.1, 0.15) is 0 Å². The van der Waals surface area contributed by atoms with Gasteiger partial charge >= 0.3 is 5.97 Å². The third kappa shape index (κ3) is 2.84. The summed E-state index contributed by atoms with van der Waals surface area (Å²) in [6.45, 7) is 0.540. The molecular formula is C12H9N3O2S. The molecule has 18 heavy (non-hydrogen) atoms. The van der Waals surface area contributed by atoms with E-state index in [4.69, 9.17) is 10.4 Å². The largest absolute Gasteiger partial charge is 0.476 e. The van der Waals surface area contributed by atoms with Gasteiger partial charge < -0.3 is 10.4 Å². The Hall–Kier alpha value is -2.39. The summed E-state index contributed by atoms with van der Waals surface area (Å²) in [4.78, 5) is 14.6. The molecule has 6 heteroatoms. The molecule has 0 aliphatic rings. The second-order valence-corrected chi connectivity index (χ2v) is 4.36. The molecule has 0 amide bonds. The monoisotopic (exact) mass is 259 g/mol. The summed E-state index contributed by atoms with van der Waals surface area (Å²) in [5, 5.41) is 22.5. The Morgan fingerprint density at radius 2 is 2.17 bits per heavy atom. The van der Waals surface area contributed by atoms with Crippen molar-refractivity contribution in [1.29, 1.82) is 5.26 Å². The molecule has 90 valence electrons. The van der Waals surface area contributed by atoms with Crippen molar-refractivity contribution in [3.8, 4) is 6.07 Å². The summed E-state index contributed by atoms with van der Waals surface area (Å²) < 4.78 is 0. The first-order valence-corrected chi connectivity index (χ1v) is 5.99. The summed E-state index contributed by atoms with van der Waals surface area (Å²) in [6, 6.07) is 9.21. The molecule has 0 spiro atoms. The summed E-state index contributed by atoms with van der Waals surface area (Å²) in [7, 11) is 0. The van der Waals surface area contributed by atoms with Crippen molar-refractivity contribution in [1.82, 2.24) is 4.98 Å². The highest BCUT2D eigenvalue weighted by Gasteiger charge is 2.07. The number of carbonyl (C=O) groups is 1. The molecule has 1 aromatic carbocycles. The lowest BCUT2D eigenvalue weighted by Gasteiger charge is -2.02. The standard InChI is InChI=1S/C12H9N3O2S/c13-5-8-1-3-9(4-2-8)6-14-12-15-10(7-18-12)11(16)17/h1-4,7H,6H2,(H,14,15)(H,16,17). The van der Waals surface area contributed by atoms with Gasteiger partial charge in [0.15, 0.2) is 10.8 Å². The maximum absolute atomic E-state index is 10.6. The molecule has 0 fully saturated rings. The number of carboxylic acids is 1. The van der Waals surface area contributed by atoms with E-state index in [1.807, 2.05) is 18.2 Å². The Balaban J connectivity index is 1.98. The maximum atomic E-state index is 10.6. The number of hydrogen-bond acceptors (Lipinski definition) is 5. The van der Waals surface area contributed by atoms with Crippen LogP contribution in [0.3, 0.4) is 0 Å². The van der Waals surface area contributed by atoms with Gasteiger partial charge in [-0.2, -0.15) is 5.26 Å². The molecule has 0 saturated heterocycles. The first-order valence-electron chi connectivity index (χ1n) is 5.11. The number of carboxylic acid groups (broad SMARTS) is 1. The van der Waals surface area contributed by atoms with Crippen LogP contribution in [0.2, 0.25) is 0 Å². The van der Waals surface area contributed by atoms with Crippen molar-refractivity contribution < 1.29 is 9.90 Å². The molecule has 0 saturated carbocycles. The molecule has 0 atom stereocenters. The lowest BCUT2D eigenvalue weighted by molar-refractivity contribution is 0.0691. The first-order chi connectivity index (χ1) is 8.69. The van der Waals surface area contributed by atoms with E-state index in [0.29, 0.717) is 17.2 Å². The van der Waals surface area contributed by atoms with Gasteiger partial charge in [-0.25, -0.2) is 9.78 Å². The van der Waals surface area contributed by atoms with E-state index in [2.05, 4.69) is 10.3 Å². The van der Waals surface area contributed by atoms with E-state index >= 15 is 0 Å². The fourth-order valence-electron chi connectivity index (χ4n) is 1.33. The van der Waals surface area contributed by atoms with Crippen molar-refractivity contribution in [2.75, 3.05) is 5.32 Å². The van der Waals surface area contributed by atoms with Crippen LogP contribution < -0.4 is 5.32 Å². The molecule has 2 aromatic rings. The predicted molar refractivity (Wildman–Crippen MR) is 67.6 cm³/mol. The van der Waals surface area contributed by atoms with Crippen LogP contribution in [0.15, 0.2) is 29.6 Å². The molecule has 1 heterocycles. The van der Waals surface area contributed by atoms with Gasteiger partial charge in [0.25, 0.3) is 0 Å². The second kappa shape index (κ2) is 5.29. The zero-order valence-electron chi connectivity index (χ0n) is 9.25. The van der Waals surface area contributed by atoms with Gasteiger partial charge in [0.2, 0.25) is 0 Å². The molecule has 1 aromatic heterocycles. The Morgan fingerprint density at radius 3 is 2.72 bits per heavy atom. The average Bonchev–Trinajstić information content (AvgIpc) is 2.86. The minimum Gasteiger partial charge on any atom is -0.476 e. The SMILES string of the molecule is N#Cc1ccc(CNc2nc(C(=O)O)cs2)cc1. The molecule has 0 aliphatic carbocycles. The number of anilines is 1. The molecule has 2 rings (SSSR count). The van der Waals surface area contributed by atoms with Crippen LogP contribution in [0.5, 0.6) is 0 Å². The molecule has 0 bridgehead atoms. The van der Waals surface area contributed by atoms with E-state index < -0.39 is 5.97 Å². The van der Waals surface area contributed by atoms with Crippen molar-refractivity contribution in [3.05, 3.63) is 46.5 Å². The van der Waals surface area contributed by atoms with Gasteiger partial charge in [0.05, 0.1) is 11.6 Å². The zero-order valence-corrected chi connectivity index (χ0v) is 10.1. The van der Waals surface area contributed by atoms with Crippen LogP contribution in [0.4, 0.5) is 5.13 Å². The highest BCUT2D eigenvalue weighted by Crippen LogP contribution is 2.16. The van der Waals surface area contributed by atoms with E-state index in [1.54, 1.807) is 12.1 Å². The van der Waals surface area contributed by atoms with Gasteiger partial charge in [0, 0.05) is 11.9 Å². The normalized spacial score (nSPS) is 9.72. The highest BCUT2D eigenvalue weighted by molar-refractivity contribution is 7.13. The third-order valence-electron chi connectivity index (χ3n) is 2.25. The van der Waals surface area contributed by atoms with Crippen LogP contribution in [0.1, 0.15) is 21.6 Å². The van der Waals surface area contributed by atoms with Gasteiger partial charge in [-0.15, -0.1) is 11.3 Å². The van der Waals surface area contributed by atoms with E-state index in [1.165, 1.54) is 16.7 Å². The summed E-state index contributed by atoms with van der Waals surface area (Å²) in [5.41, 5.74) is 1.66. The number of nitrogens with one attached hydrogen (secondary N) is 1. The van der Waals surface area contributed by atoms with Crippen LogP contribution in [0, 0.1) is 11.3 Å². The van der Waals surface area contributed by atoms with Crippen LogP contribution >= 0.6 is 11.3 Å². The van der Waals surface area contributed by atoms with Crippen molar-refractivity contribution >= 4 is 22.4 Å². The Bertz CT molecular complexity index is 599. The van der Waals surface area contributed by atoms with Crippen molar-refractivity contribution in [2.24, 2.45) is 0 Å². The summed E-state index contributed by atoms with van der Waals surface area (Å²) in [5.74, 6) is -1.03. The lowest BCUT2D eigenvalue weighted by Crippen LogP contribution is -2.01. The Labute approximate surface area is 107 Å². The molecule has 0 radical (unpaired) electrons. The molecule has 5 nitrogen and oxygen atoms in total. The van der Waals surface area contributed by atoms with Crippen molar-refractivity contribution in [3.63, 3.8) is 0 Å². The van der Waals surface area contributed by atoms with Gasteiger partial charge in [-0.1, -0.05) is 12.1 Å².